The van der Waals surface area contributed by atoms with Crippen molar-refractivity contribution in [3.63, 3.8) is 0 Å². The van der Waals surface area contributed by atoms with E-state index in [1.807, 2.05) is 43.3 Å². The summed E-state index contributed by atoms with van der Waals surface area (Å²) in [4.78, 5) is 12.1. The summed E-state index contributed by atoms with van der Waals surface area (Å²) >= 11 is 0. The van der Waals surface area contributed by atoms with Crippen LogP contribution < -0.4 is 11.1 Å². The Morgan fingerprint density at radius 1 is 1.13 bits per heavy atom. The molecular formula is C19H24N2O2. The number of nitrogens with two attached hydrogens (primary N) is 1. The highest BCUT2D eigenvalue weighted by Gasteiger charge is 2.08. The monoisotopic (exact) mass is 312 g/mol. The third-order valence-corrected chi connectivity index (χ3v) is 3.62. The molecule has 0 aliphatic carbocycles. The Balaban J connectivity index is 1.60. The van der Waals surface area contributed by atoms with Crippen LogP contribution in [0.2, 0.25) is 0 Å². The van der Waals surface area contributed by atoms with E-state index in [-0.39, 0.29) is 5.91 Å². The van der Waals surface area contributed by atoms with Crippen molar-refractivity contribution < 1.29 is 9.53 Å². The van der Waals surface area contributed by atoms with Crippen molar-refractivity contribution in [2.45, 2.75) is 26.4 Å². The average Bonchev–Trinajstić information content (AvgIpc) is 2.57. The van der Waals surface area contributed by atoms with Crippen molar-refractivity contribution >= 4 is 11.6 Å². The maximum atomic E-state index is 12.1. The molecule has 122 valence electrons. The zero-order valence-electron chi connectivity index (χ0n) is 13.5. The molecule has 0 aromatic heterocycles. The fourth-order valence-electron chi connectivity index (χ4n) is 2.27. The summed E-state index contributed by atoms with van der Waals surface area (Å²) in [6, 6.07) is 15.5. The number of benzene rings is 2. The summed E-state index contributed by atoms with van der Waals surface area (Å²) in [6.07, 6.45) is 1.81. The molecule has 4 nitrogen and oxygen atoms in total. The zero-order chi connectivity index (χ0) is 16.5. The maximum Gasteiger partial charge on any atom is 0.251 e. The second-order valence-electron chi connectivity index (χ2n) is 5.58. The zero-order valence-corrected chi connectivity index (χ0v) is 13.5. The van der Waals surface area contributed by atoms with E-state index in [4.69, 9.17) is 10.5 Å². The van der Waals surface area contributed by atoms with E-state index in [9.17, 15) is 4.79 Å². The van der Waals surface area contributed by atoms with E-state index in [2.05, 4.69) is 5.32 Å². The van der Waals surface area contributed by atoms with Gasteiger partial charge in [-0.25, -0.2) is 0 Å². The van der Waals surface area contributed by atoms with Gasteiger partial charge >= 0.3 is 0 Å². The number of hydrogen-bond acceptors (Lipinski definition) is 3. The van der Waals surface area contributed by atoms with E-state index in [1.165, 1.54) is 5.56 Å². The number of rotatable bonds is 8. The van der Waals surface area contributed by atoms with E-state index < -0.39 is 0 Å². The van der Waals surface area contributed by atoms with Gasteiger partial charge in [0.15, 0.2) is 0 Å². The van der Waals surface area contributed by atoms with Gasteiger partial charge in [0.1, 0.15) is 0 Å². The summed E-state index contributed by atoms with van der Waals surface area (Å²) in [5.41, 5.74) is 9.09. The Kier molecular flexibility index (Phi) is 6.63. The molecule has 0 fully saturated rings. The van der Waals surface area contributed by atoms with Crippen LogP contribution in [-0.4, -0.2) is 19.1 Å². The van der Waals surface area contributed by atoms with Crippen LogP contribution in [0.25, 0.3) is 0 Å². The lowest BCUT2D eigenvalue weighted by Crippen LogP contribution is -2.25. The number of nitrogens with one attached hydrogen (secondary N) is 1. The molecule has 3 N–H and O–H groups in total. The Bertz CT molecular complexity index is 627. The highest BCUT2D eigenvalue weighted by molar-refractivity contribution is 5.96. The molecule has 0 heterocycles. The van der Waals surface area contributed by atoms with Crippen molar-refractivity contribution in [2.24, 2.45) is 0 Å². The molecule has 0 radical (unpaired) electrons. The van der Waals surface area contributed by atoms with Crippen LogP contribution in [0.15, 0.2) is 48.5 Å². The largest absolute Gasteiger partial charge is 0.399 e. The van der Waals surface area contributed by atoms with Gasteiger partial charge in [-0.05, 0) is 43.0 Å². The lowest BCUT2D eigenvalue weighted by molar-refractivity contribution is 0.0945. The molecule has 0 aliphatic heterocycles. The molecule has 0 saturated heterocycles. The van der Waals surface area contributed by atoms with Crippen LogP contribution in [0.5, 0.6) is 0 Å². The predicted molar refractivity (Wildman–Crippen MR) is 93.3 cm³/mol. The Morgan fingerprint density at radius 3 is 2.70 bits per heavy atom. The lowest BCUT2D eigenvalue weighted by Gasteiger charge is -2.09. The molecule has 0 aliphatic rings. The van der Waals surface area contributed by atoms with Crippen LogP contribution in [-0.2, 0) is 11.3 Å². The normalized spacial score (nSPS) is 10.5. The van der Waals surface area contributed by atoms with E-state index >= 15 is 0 Å². The summed E-state index contributed by atoms with van der Waals surface area (Å²) in [5, 5.41) is 2.93. The minimum atomic E-state index is -0.0694. The van der Waals surface area contributed by atoms with Gasteiger partial charge in [-0.2, -0.15) is 0 Å². The van der Waals surface area contributed by atoms with Gasteiger partial charge in [-0.3, -0.25) is 4.79 Å². The van der Waals surface area contributed by atoms with Gasteiger partial charge in [0.25, 0.3) is 5.91 Å². The van der Waals surface area contributed by atoms with Crippen molar-refractivity contribution in [3.8, 4) is 0 Å². The number of hydrogen-bond donors (Lipinski definition) is 2. The number of ether oxygens (including phenoxy) is 1. The van der Waals surface area contributed by atoms with Crippen molar-refractivity contribution in [2.75, 3.05) is 18.9 Å². The van der Waals surface area contributed by atoms with Crippen LogP contribution in [0, 0.1) is 6.92 Å². The van der Waals surface area contributed by atoms with E-state index in [0.717, 1.165) is 18.4 Å². The summed E-state index contributed by atoms with van der Waals surface area (Å²) in [5.74, 6) is -0.0694. The molecule has 2 aromatic rings. The molecule has 0 bridgehead atoms. The quantitative estimate of drug-likeness (QED) is 0.580. The standard InChI is InChI=1S/C19H24N2O2/c1-15-9-10-17(20)13-18(15)19(22)21-11-5-6-12-23-14-16-7-3-2-4-8-16/h2-4,7-10,13H,5-6,11-12,14,20H2,1H3,(H,21,22). The number of aryl methyl sites for hydroxylation is 1. The van der Waals surface area contributed by atoms with Crippen LogP contribution in [0.1, 0.15) is 34.3 Å². The van der Waals surface area contributed by atoms with Crippen molar-refractivity contribution in [1.29, 1.82) is 0 Å². The highest BCUT2D eigenvalue weighted by atomic mass is 16.5. The highest BCUT2D eigenvalue weighted by Crippen LogP contribution is 2.12. The van der Waals surface area contributed by atoms with Crippen molar-refractivity contribution in [1.82, 2.24) is 5.32 Å². The van der Waals surface area contributed by atoms with Gasteiger partial charge in [-0.1, -0.05) is 36.4 Å². The van der Waals surface area contributed by atoms with Gasteiger partial charge in [0.2, 0.25) is 0 Å². The molecule has 0 atom stereocenters. The topological polar surface area (TPSA) is 64.4 Å². The number of anilines is 1. The average molecular weight is 312 g/mol. The second kappa shape index (κ2) is 8.96. The molecule has 23 heavy (non-hydrogen) atoms. The van der Waals surface area contributed by atoms with E-state index in [1.54, 1.807) is 12.1 Å². The molecule has 0 spiro atoms. The molecule has 2 aromatic carbocycles. The number of carbonyl (C=O) groups excluding carboxylic acids is 1. The lowest BCUT2D eigenvalue weighted by atomic mass is 10.1. The van der Waals surface area contributed by atoms with Gasteiger partial charge in [-0.15, -0.1) is 0 Å². The fourth-order valence-corrected chi connectivity index (χ4v) is 2.27. The summed E-state index contributed by atoms with van der Waals surface area (Å²) in [6.45, 7) is 3.88. The third-order valence-electron chi connectivity index (χ3n) is 3.62. The Labute approximate surface area is 137 Å². The number of amides is 1. The first-order chi connectivity index (χ1) is 11.2. The van der Waals surface area contributed by atoms with E-state index in [0.29, 0.717) is 31.0 Å². The SMILES string of the molecule is Cc1ccc(N)cc1C(=O)NCCCCOCc1ccccc1. The number of nitrogen functional groups attached to an aromatic ring is 1. The van der Waals surface area contributed by atoms with Gasteiger partial charge in [0.05, 0.1) is 6.61 Å². The fraction of sp³-hybridized carbons (Fsp3) is 0.316. The maximum absolute atomic E-state index is 12.1. The van der Waals surface area contributed by atoms with Crippen LogP contribution in [0.3, 0.4) is 0 Å². The first kappa shape index (κ1) is 17.0. The summed E-state index contributed by atoms with van der Waals surface area (Å²) in [7, 11) is 0. The van der Waals surface area contributed by atoms with Crippen LogP contribution >= 0.6 is 0 Å². The minimum absolute atomic E-state index is 0.0694. The number of unbranched alkanes of at least 4 members (excludes halogenated alkanes) is 1. The molecule has 0 unspecified atom stereocenters. The predicted octanol–water partition coefficient (Wildman–Crippen LogP) is 3.30. The van der Waals surface area contributed by atoms with Gasteiger partial charge in [0, 0.05) is 24.4 Å². The van der Waals surface area contributed by atoms with Crippen LogP contribution in [0.4, 0.5) is 5.69 Å². The summed E-state index contributed by atoms with van der Waals surface area (Å²) < 4.78 is 5.62. The Hall–Kier alpha value is -2.33. The second-order valence-corrected chi connectivity index (χ2v) is 5.58. The minimum Gasteiger partial charge on any atom is -0.399 e. The molecule has 4 heteroatoms. The van der Waals surface area contributed by atoms with Crippen molar-refractivity contribution in [3.05, 3.63) is 65.2 Å². The first-order valence-corrected chi connectivity index (χ1v) is 7.93. The third kappa shape index (κ3) is 5.75. The first-order valence-electron chi connectivity index (χ1n) is 7.93. The smallest absolute Gasteiger partial charge is 0.251 e. The van der Waals surface area contributed by atoms with Gasteiger partial charge < -0.3 is 15.8 Å². The molecule has 0 saturated carbocycles. The molecule has 1 amide bonds. The number of carbonyl (C=O) groups is 1. The molecule has 2 rings (SSSR count). The molecular weight excluding hydrogens is 288 g/mol. The Morgan fingerprint density at radius 2 is 1.91 bits per heavy atom.